The Morgan fingerprint density at radius 1 is 0.723 bits per heavy atom. The Hall–Kier alpha value is -3.95. The number of benzene rings is 3. The molecule has 3 heteroatoms. The molecular formula is C44H51N2O+. The minimum atomic E-state index is 0.672. The number of ether oxygens (including phenoxy) is 1. The number of aryl methyl sites for hydroxylation is 1. The molecule has 0 atom stereocenters. The Bertz CT molecular complexity index is 1750. The molecule has 4 aromatic rings. The number of rotatable bonds is 9. The van der Waals surface area contributed by atoms with Gasteiger partial charge in [0.15, 0.2) is 17.8 Å². The highest BCUT2D eigenvalue weighted by atomic mass is 16.5. The van der Waals surface area contributed by atoms with E-state index >= 15 is 0 Å². The van der Waals surface area contributed by atoms with Crippen LogP contribution in [0.25, 0.3) is 27.7 Å². The van der Waals surface area contributed by atoms with Crippen molar-refractivity contribution in [3.63, 3.8) is 0 Å². The van der Waals surface area contributed by atoms with E-state index in [0.29, 0.717) is 18.7 Å². The van der Waals surface area contributed by atoms with E-state index in [1.165, 1.54) is 120 Å². The van der Waals surface area contributed by atoms with Crippen LogP contribution >= 0.6 is 0 Å². The van der Waals surface area contributed by atoms with E-state index in [0.717, 1.165) is 13.2 Å². The lowest BCUT2D eigenvalue weighted by molar-refractivity contribution is -0.606. The van der Waals surface area contributed by atoms with Crippen LogP contribution in [0.1, 0.15) is 87.8 Å². The van der Waals surface area contributed by atoms with Gasteiger partial charge >= 0.3 is 0 Å². The molecule has 7 rings (SSSR count). The highest BCUT2D eigenvalue weighted by Gasteiger charge is 2.34. The minimum absolute atomic E-state index is 0.672. The third-order valence-electron chi connectivity index (χ3n) is 10.7. The molecule has 3 aliphatic rings. The van der Waals surface area contributed by atoms with Gasteiger partial charge in [-0.2, -0.15) is 0 Å². The maximum absolute atomic E-state index is 5.93. The molecule has 1 heterocycles. The van der Waals surface area contributed by atoms with E-state index in [-0.39, 0.29) is 0 Å². The molecule has 0 amide bonds. The molecule has 3 aliphatic carbocycles. The quantitative estimate of drug-likeness (QED) is 0.134. The van der Waals surface area contributed by atoms with Crippen LogP contribution in [0, 0.1) is 6.92 Å². The number of hydrogen-bond acceptors (Lipinski definition) is 1. The molecule has 242 valence electrons. The van der Waals surface area contributed by atoms with Crippen LogP contribution in [-0.4, -0.2) is 40.2 Å². The molecule has 3 aromatic carbocycles. The molecule has 47 heavy (non-hydrogen) atoms. The molecule has 2 fully saturated rings. The van der Waals surface area contributed by atoms with Gasteiger partial charge in [-0.1, -0.05) is 91.2 Å². The van der Waals surface area contributed by atoms with Crippen molar-refractivity contribution >= 4 is 22.2 Å². The van der Waals surface area contributed by atoms with E-state index in [1.54, 1.807) is 0 Å². The number of hydrogen-bond donors (Lipinski definition) is 0. The van der Waals surface area contributed by atoms with Crippen LogP contribution in [0.3, 0.4) is 0 Å². The van der Waals surface area contributed by atoms with Gasteiger partial charge in [0.25, 0.3) is 0 Å². The lowest BCUT2D eigenvalue weighted by atomic mass is 9.86. The first-order valence-electron chi connectivity index (χ1n) is 18.3. The van der Waals surface area contributed by atoms with Crippen molar-refractivity contribution in [1.29, 1.82) is 0 Å². The van der Waals surface area contributed by atoms with Gasteiger partial charge in [-0.3, -0.25) is 0 Å². The van der Waals surface area contributed by atoms with Crippen LogP contribution < -0.4 is 0 Å². The average Bonchev–Trinajstić information content (AvgIpc) is 3.45. The summed E-state index contributed by atoms with van der Waals surface area (Å²) in [4.78, 5) is 0. The van der Waals surface area contributed by atoms with Crippen molar-refractivity contribution in [2.24, 2.45) is 0 Å². The van der Waals surface area contributed by atoms with E-state index < -0.39 is 0 Å². The van der Waals surface area contributed by atoms with Gasteiger partial charge in [-0.05, 0) is 80.0 Å². The maximum atomic E-state index is 5.93. The van der Waals surface area contributed by atoms with E-state index in [1.807, 2.05) is 0 Å². The summed E-state index contributed by atoms with van der Waals surface area (Å²) in [5.41, 5.74) is 11.6. The van der Waals surface area contributed by atoms with Crippen molar-refractivity contribution in [1.82, 2.24) is 4.57 Å². The maximum Gasteiger partial charge on any atom is 0.200 e. The van der Waals surface area contributed by atoms with Gasteiger partial charge in [0.2, 0.25) is 0 Å². The second-order valence-corrected chi connectivity index (χ2v) is 13.7. The molecule has 2 saturated carbocycles. The van der Waals surface area contributed by atoms with Crippen molar-refractivity contribution in [3.8, 4) is 11.3 Å². The molecule has 0 bridgehead atoms. The number of para-hydroxylation sites is 1. The van der Waals surface area contributed by atoms with Gasteiger partial charge in [0.1, 0.15) is 0 Å². The second-order valence-electron chi connectivity index (χ2n) is 13.7. The predicted molar refractivity (Wildman–Crippen MR) is 198 cm³/mol. The summed E-state index contributed by atoms with van der Waals surface area (Å²) in [6, 6.07) is 30.4. The zero-order chi connectivity index (χ0) is 32.0. The number of fused-ring (bicyclic) bond motifs is 1. The van der Waals surface area contributed by atoms with E-state index in [9.17, 15) is 0 Å². The van der Waals surface area contributed by atoms with Gasteiger partial charge < -0.3 is 9.30 Å². The molecule has 0 unspecified atom stereocenters. The molecule has 0 radical (unpaired) electrons. The summed E-state index contributed by atoms with van der Waals surface area (Å²) in [7, 11) is 0. The van der Waals surface area contributed by atoms with E-state index in [4.69, 9.17) is 4.74 Å². The molecule has 0 aliphatic heterocycles. The first-order valence-corrected chi connectivity index (χ1v) is 18.3. The zero-order valence-electron chi connectivity index (χ0n) is 28.5. The summed E-state index contributed by atoms with van der Waals surface area (Å²) in [6.07, 6.45) is 23.3. The summed E-state index contributed by atoms with van der Waals surface area (Å²) < 4.78 is 11.3. The molecule has 0 spiro atoms. The van der Waals surface area contributed by atoms with Crippen LogP contribution in [-0.2, 0) is 11.3 Å². The SMILES string of the molecule is CCOCCn1c(-c2ccccc2)c(C(=C2C=CC(=[N+](C3CCCCC3)C3CCCCC3)C=C2)c2ccc(C)cc2)c2ccccc21. The predicted octanol–water partition coefficient (Wildman–Crippen LogP) is 10.7. The lowest BCUT2D eigenvalue weighted by Crippen LogP contribution is -2.41. The number of allylic oxidation sites excluding steroid dienone is 5. The summed E-state index contributed by atoms with van der Waals surface area (Å²) >= 11 is 0. The summed E-state index contributed by atoms with van der Waals surface area (Å²) in [5.74, 6) is 0. The highest BCUT2D eigenvalue weighted by Crippen LogP contribution is 2.43. The molecule has 0 N–H and O–H groups in total. The summed E-state index contributed by atoms with van der Waals surface area (Å²) in [6.45, 7) is 6.46. The Morgan fingerprint density at radius 3 is 1.98 bits per heavy atom. The first-order chi connectivity index (χ1) is 23.2. The van der Waals surface area contributed by atoms with Crippen LogP contribution in [0.4, 0.5) is 0 Å². The average molecular weight is 624 g/mol. The van der Waals surface area contributed by atoms with Crippen LogP contribution in [0.2, 0.25) is 0 Å². The highest BCUT2D eigenvalue weighted by molar-refractivity contribution is 6.08. The fourth-order valence-corrected chi connectivity index (χ4v) is 8.40. The smallest absolute Gasteiger partial charge is 0.200 e. The van der Waals surface area contributed by atoms with Crippen molar-refractivity contribution in [3.05, 3.63) is 125 Å². The Morgan fingerprint density at radius 2 is 1.34 bits per heavy atom. The monoisotopic (exact) mass is 623 g/mol. The standard InChI is InChI=1S/C44H51N2O/c1-3-47-32-31-45-41-22-14-13-21-40(41)43(44(45)36-15-7-4-8-16-36)42(34-25-23-33(2)24-26-34)35-27-29-39(30-28-35)46(37-17-9-5-10-18-37)38-19-11-6-12-20-38/h4,7-8,13-16,21-30,37-38H,3,5-6,9-12,17-20,31-32H2,1-2H3/q+1. The lowest BCUT2D eigenvalue weighted by Gasteiger charge is -2.29. The minimum Gasteiger partial charge on any atom is -0.380 e. The number of aromatic nitrogens is 1. The van der Waals surface area contributed by atoms with Crippen LogP contribution in [0.5, 0.6) is 0 Å². The van der Waals surface area contributed by atoms with Gasteiger partial charge in [-0.15, -0.1) is 0 Å². The van der Waals surface area contributed by atoms with Crippen molar-refractivity contribution in [2.45, 2.75) is 96.7 Å². The van der Waals surface area contributed by atoms with Gasteiger partial charge in [0.05, 0.1) is 12.3 Å². The van der Waals surface area contributed by atoms with Crippen molar-refractivity contribution in [2.75, 3.05) is 13.2 Å². The third kappa shape index (κ3) is 6.74. The molecule has 1 aromatic heterocycles. The second kappa shape index (κ2) is 14.9. The largest absolute Gasteiger partial charge is 0.380 e. The van der Waals surface area contributed by atoms with Crippen molar-refractivity contribution < 1.29 is 9.31 Å². The molecule has 3 nitrogen and oxygen atoms in total. The Balaban J connectivity index is 1.44. The van der Waals surface area contributed by atoms with E-state index in [2.05, 4.69) is 126 Å². The Kier molecular flexibility index (Phi) is 10.0. The Labute approximate surface area is 282 Å². The number of nitrogens with zero attached hydrogens (tertiary/aromatic N) is 2. The fraction of sp³-hybridized carbons (Fsp3) is 0.386. The third-order valence-corrected chi connectivity index (χ3v) is 10.7. The van der Waals surface area contributed by atoms with Crippen LogP contribution in [0.15, 0.2) is 109 Å². The van der Waals surface area contributed by atoms with Gasteiger partial charge in [-0.25, -0.2) is 4.58 Å². The molecule has 0 saturated heterocycles. The zero-order valence-corrected chi connectivity index (χ0v) is 28.5. The first kappa shape index (κ1) is 31.6. The summed E-state index contributed by atoms with van der Waals surface area (Å²) in [5, 5.41) is 1.29. The topological polar surface area (TPSA) is 17.2 Å². The normalized spacial score (nSPS) is 17.5. The van der Waals surface area contributed by atoms with Gasteiger partial charge in [0, 0.05) is 67.5 Å². The molecular weight excluding hydrogens is 572 g/mol. The fourth-order valence-electron chi connectivity index (χ4n) is 8.40.